The fourth-order valence-electron chi connectivity index (χ4n) is 2.60. The number of fused-ring (bicyclic) bond motifs is 1. The van der Waals surface area contributed by atoms with E-state index >= 15 is 0 Å². The van der Waals surface area contributed by atoms with Crippen LogP contribution < -0.4 is 5.32 Å². The molecule has 100 valence electrons. The molecule has 1 aliphatic rings. The number of nitrogens with zero attached hydrogens (tertiary/aromatic N) is 1. The zero-order chi connectivity index (χ0) is 13.3. The molecule has 19 heavy (non-hydrogen) atoms. The zero-order valence-electron chi connectivity index (χ0n) is 11.6. The van der Waals surface area contributed by atoms with Gasteiger partial charge in [-0.05, 0) is 12.0 Å². The predicted octanol–water partition coefficient (Wildman–Crippen LogP) is 3.31. The number of rotatable bonds is 3. The van der Waals surface area contributed by atoms with Gasteiger partial charge in [-0.25, -0.2) is 4.98 Å². The monoisotopic (exact) mass is 272 g/mol. The topological polar surface area (TPSA) is 24.9 Å². The predicted molar refractivity (Wildman–Crippen MR) is 80.7 cm³/mol. The van der Waals surface area contributed by atoms with Crippen LogP contribution in [0, 0.1) is 0 Å². The van der Waals surface area contributed by atoms with Crippen molar-refractivity contribution in [2.75, 3.05) is 6.54 Å². The molecule has 0 fully saturated rings. The Bertz CT molecular complexity index is 534. The molecule has 0 atom stereocenters. The van der Waals surface area contributed by atoms with E-state index < -0.39 is 0 Å². The molecule has 0 bridgehead atoms. The van der Waals surface area contributed by atoms with E-state index in [4.69, 9.17) is 4.98 Å². The van der Waals surface area contributed by atoms with Crippen molar-refractivity contribution in [2.45, 2.75) is 38.6 Å². The minimum absolute atomic E-state index is 0.114. The quantitative estimate of drug-likeness (QED) is 0.927. The molecule has 3 rings (SSSR count). The van der Waals surface area contributed by atoms with Gasteiger partial charge in [-0.1, -0.05) is 44.2 Å². The molecule has 0 unspecified atom stereocenters. The Hall–Kier alpha value is -1.19. The summed E-state index contributed by atoms with van der Waals surface area (Å²) >= 11 is 1.89. The number of hydrogen-bond acceptors (Lipinski definition) is 3. The van der Waals surface area contributed by atoms with Crippen molar-refractivity contribution >= 4 is 11.3 Å². The van der Waals surface area contributed by atoms with Gasteiger partial charge in [0, 0.05) is 29.8 Å². The minimum atomic E-state index is 0.114. The van der Waals surface area contributed by atoms with E-state index in [9.17, 15) is 0 Å². The van der Waals surface area contributed by atoms with Crippen molar-refractivity contribution in [3.63, 3.8) is 0 Å². The highest BCUT2D eigenvalue weighted by Gasteiger charge is 2.27. The second kappa shape index (κ2) is 5.06. The molecule has 1 aromatic heterocycles. The summed E-state index contributed by atoms with van der Waals surface area (Å²) in [6, 6.07) is 10.7. The SMILES string of the molecule is CC(C)(Cc1ccccc1)c1nc2c(s1)CNCC2. The minimum Gasteiger partial charge on any atom is -0.311 e. The van der Waals surface area contributed by atoms with Crippen molar-refractivity contribution in [3.05, 3.63) is 51.5 Å². The Labute approximate surface area is 118 Å². The second-order valence-corrected chi connectivity index (χ2v) is 6.95. The Kier molecular flexibility index (Phi) is 3.42. The van der Waals surface area contributed by atoms with E-state index in [1.54, 1.807) is 0 Å². The molecule has 0 saturated carbocycles. The maximum Gasteiger partial charge on any atom is 0.0991 e. The molecule has 0 saturated heterocycles. The highest BCUT2D eigenvalue weighted by atomic mass is 32.1. The number of thiazole rings is 1. The van der Waals surface area contributed by atoms with Gasteiger partial charge in [0.1, 0.15) is 0 Å². The molecule has 1 aromatic carbocycles. The first-order chi connectivity index (χ1) is 9.15. The number of aromatic nitrogens is 1. The van der Waals surface area contributed by atoms with Crippen molar-refractivity contribution in [1.82, 2.24) is 10.3 Å². The van der Waals surface area contributed by atoms with Gasteiger partial charge in [-0.3, -0.25) is 0 Å². The first-order valence-electron chi connectivity index (χ1n) is 6.89. The average molecular weight is 272 g/mol. The third kappa shape index (κ3) is 2.72. The van der Waals surface area contributed by atoms with E-state index in [0.29, 0.717) is 0 Å². The molecule has 2 nitrogen and oxygen atoms in total. The summed E-state index contributed by atoms with van der Waals surface area (Å²) in [5.74, 6) is 0. The van der Waals surface area contributed by atoms with E-state index in [-0.39, 0.29) is 5.41 Å². The fourth-order valence-corrected chi connectivity index (χ4v) is 3.77. The average Bonchev–Trinajstić information content (AvgIpc) is 2.84. The van der Waals surface area contributed by atoms with Crippen LogP contribution in [0.1, 0.15) is 35.0 Å². The Morgan fingerprint density at radius 1 is 1.26 bits per heavy atom. The van der Waals surface area contributed by atoms with Gasteiger partial charge in [0.2, 0.25) is 0 Å². The highest BCUT2D eigenvalue weighted by molar-refractivity contribution is 7.11. The molecule has 1 aliphatic heterocycles. The summed E-state index contributed by atoms with van der Waals surface area (Å²) in [5, 5.41) is 4.71. The van der Waals surface area contributed by atoms with Crippen molar-refractivity contribution < 1.29 is 0 Å². The third-order valence-electron chi connectivity index (χ3n) is 3.67. The summed E-state index contributed by atoms with van der Waals surface area (Å²) in [5.41, 5.74) is 2.82. The maximum atomic E-state index is 4.90. The van der Waals surface area contributed by atoms with E-state index in [1.807, 2.05) is 11.3 Å². The van der Waals surface area contributed by atoms with Crippen LogP contribution in [0.15, 0.2) is 30.3 Å². The molecule has 0 radical (unpaired) electrons. The summed E-state index contributed by atoms with van der Waals surface area (Å²) in [6.45, 7) is 6.67. The van der Waals surface area contributed by atoms with Crippen LogP contribution in [0.25, 0.3) is 0 Å². The van der Waals surface area contributed by atoms with Gasteiger partial charge >= 0.3 is 0 Å². The number of nitrogens with one attached hydrogen (secondary N) is 1. The summed E-state index contributed by atoms with van der Waals surface area (Å²) in [7, 11) is 0. The van der Waals surface area contributed by atoms with E-state index in [2.05, 4.69) is 49.5 Å². The first-order valence-corrected chi connectivity index (χ1v) is 7.70. The molecular weight excluding hydrogens is 252 g/mol. The normalized spacial score (nSPS) is 15.3. The van der Waals surface area contributed by atoms with Gasteiger partial charge in [-0.2, -0.15) is 0 Å². The lowest BCUT2D eigenvalue weighted by molar-refractivity contribution is 0.516. The van der Waals surface area contributed by atoms with E-state index in [0.717, 1.165) is 25.9 Å². The largest absolute Gasteiger partial charge is 0.311 e. The summed E-state index contributed by atoms with van der Waals surface area (Å²) in [4.78, 5) is 6.33. The molecular formula is C16H20N2S. The van der Waals surface area contributed by atoms with Gasteiger partial charge < -0.3 is 5.32 Å². The Morgan fingerprint density at radius 3 is 2.79 bits per heavy atom. The standard InChI is InChI=1S/C16H20N2S/c1-16(2,10-12-6-4-3-5-7-12)15-18-13-8-9-17-11-14(13)19-15/h3-7,17H,8-11H2,1-2H3. The van der Waals surface area contributed by atoms with Crippen LogP contribution in [0.4, 0.5) is 0 Å². The smallest absolute Gasteiger partial charge is 0.0991 e. The van der Waals surface area contributed by atoms with Gasteiger partial charge in [0.15, 0.2) is 0 Å². The van der Waals surface area contributed by atoms with Gasteiger partial charge in [0.25, 0.3) is 0 Å². The van der Waals surface area contributed by atoms with Crippen LogP contribution >= 0.6 is 11.3 Å². The lowest BCUT2D eigenvalue weighted by Crippen LogP contribution is -2.22. The van der Waals surface area contributed by atoms with Gasteiger partial charge in [0.05, 0.1) is 10.7 Å². The second-order valence-electron chi connectivity index (χ2n) is 5.86. The van der Waals surface area contributed by atoms with Crippen LogP contribution in [0.2, 0.25) is 0 Å². The van der Waals surface area contributed by atoms with Crippen molar-refractivity contribution in [2.24, 2.45) is 0 Å². The van der Waals surface area contributed by atoms with Crippen LogP contribution in [-0.4, -0.2) is 11.5 Å². The van der Waals surface area contributed by atoms with Crippen LogP contribution in [0.3, 0.4) is 0 Å². The summed E-state index contributed by atoms with van der Waals surface area (Å²) in [6.07, 6.45) is 2.13. The third-order valence-corrected chi connectivity index (χ3v) is 5.13. The van der Waals surface area contributed by atoms with Crippen LogP contribution in [0.5, 0.6) is 0 Å². The highest BCUT2D eigenvalue weighted by Crippen LogP contribution is 2.33. The van der Waals surface area contributed by atoms with Crippen molar-refractivity contribution in [3.8, 4) is 0 Å². The maximum absolute atomic E-state index is 4.90. The molecule has 0 aliphatic carbocycles. The summed E-state index contributed by atoms with van der Waals surface area (Å²) < 4.78 is 0. The first kappa shape index (κ1) is 12.8. The molecule has 0 spiro atoms. The number of hydrogen-bond donors (Lipinski definition) is 1. The zero-order valence-corrected chi connectivity index (χ0v) is 12.4. The fraction of sp³-hybridized carbons (Fsp3) is 0.438. The van der Waals surface area contributed by atoms with Crippen molar-refractivity contribution in [1.29, 1.82) is 0 Å². The lowest BCUT2D eigenvalue weighted by Gasteiger charge is -2.22. The van der Waals surface area contributed by atoms with Gasteiger partial charge in [-0.15, -0.1) is 11.3 Å². The molecule has 3 heteroatoms. The van der Waals surface area contributed by atoms with E-state index in [1.165, 1.54) is 21.1 Å². The molecule has 2 aromatic rings. The lowest BCUT2D eigenvalue weighted by atomic mass is 9.86. The number of benzene rings is 1. The Balaban J connectivity index is 1.85. The molecule has 1 N–H and O–H groups in total. The molecule has 2 heterocycles. The molecule has 0 amide bonds. The Morgan fingerprint density at radius 2 is 2.05 bits per heavy atom. The van der Waals surface area contributed by atoms with Crippen LogP contribution in [-0.2, 0) is 24.8 Å².